The predicted molar refractivity (Wildman–Crippen MR) is 73.8 cm³/mol. The van der Waals surface area contributed by atoms with E-state index in [1.807, 2.05) is 24.3 Å². The molecule has 1 aromatic carbocycles. The van der Waals surface area contributed by atoms with E-state index in [0.29, 0.717) is 18.4 Å². The normalized spacial score (nSPS) is 11.5. The zero-order chi connectivity index (χ0) is 12.0. The quantitative estimate of drug-likeness (QED) is 0.689. The highest BCUT2D eigenvalue weighted by molar-refractivity contribution is 9.10. The minimum absolute atomic E-state index is 0.0465. The van der Waals surface area contributed by atoms with Gasteiger partial charge in [0.1, 0.15) is 5.75 Å². The molecule has 0 spiro atoms. The third kappa shape index (κ3) is 4.52. The van der Waals surface area contributed by atoms with Crippen molar-refractivity contribution in [3.63, 3.8) is 0 Å². The highest BCUT2D eigenvalue weighted by Crippen LogP contribution is 2.25. The van der Waals surface area contributed by atoms with Crippen LogP contribution in [-0.2, 0) is 0 Å². The van der Waals surface area contributed by atoms with Gasteiger partial charge in [0.05, 0.1) is 6.61 Å². The van der Waals surface area contributed by atoms with E-state index in [0.717, 1.165) is 16.6 Å². The first-order valence-corrected chi connectivity index (χ1v) is 6.96. The third-order valence-corrected chi connectivity index (χ3v) is 4.20. The molecule has 0 saturated heterocycles. The second-order valence-electron chi connectivity index (χ2n) is 4.13. The van der Waals surface area contributed by atoms with Crippen LogP contribution in [0.2, 0.25) is 0 Å². The number of alkyl halides is 2. The van der Waals surface area contributed by atoms with Crippen LogP contribution in [0, 0.1) is 5.41 Å². The Morgan fingerprint density at radius 3 is 2.56 bits per heavy atom. The summed E-state index contributed by atoms with van der Waals surface area (Å²) >= 11 is 15.1. The summed E-state index contributed by atoms with van der Waals surface area (Å²) in [6.45, 7) is 2.70. The first kappa shape index (κ1) is 14.1. The van der Waals surface area contributed by atoms with Gasteiger partial charge in [0.2, 0.25) is 0 Å². The third-order valence-electron chi connectivity index (χ3n) is 2.42. The molecule has 0 bridgehead atoms. The molecule has 0 N–H and O–H groups in total. The van der Waals surface area contributed by atoms with Crippen molar-refractivity contribution in [1.82, 2.24) is 0 Å². The second-order valence-corrected chi connectivity index (χ2v) is 5.58. The first-order chi connectivity index (χ1) is 7.59. The molecule has 1 nitrogen and oxygen atoms in total. The fourth-order valence-electron chi connectivity index (χ4n) is 1.14. The highest BCUT2D eigenvalue weighted by atomic mass is 79.9. The summed E-state index contributed by atoms with van der Waals surface area (Å²) < 4.78 is 6.66. The van der Waals surface area contributed by atoms with Crippen LogP contribution in [0.3, 0.4) is 0 Å². The van der Waals surface area contributed by atoms with Crippen molar-refractivity contribution < 1.29 is 4.74 Å². The van der Waals surface area contributed by atoms with E-state index < -0.39 is 0 Å². The fraction of sp³-hybridized carbons (Fsp3) is 0.500. The van der Waals surface area contributed by atoms with Crippen molar-refractivity contribution in [3.05, 3.63) is 28.7 Å². The Morgan fingerprint density at radius 1 is 1.31 bits per heavy atom. The summed E-state index contributed by atoms with van der Waals surface area (Å²) in [5, 5.41) is 0. The molecule has 0 fully saturated rings. The zero-order valence-electron chi connectivity index (χ0n) is 9.18. The molecule has 0 saturated carbocycles. The minimum atomic E-state index is -0.0465. The standard InChI is InChI=1S/C12H15BrCl2O/c1-12(8-14,9-15)5-6-16-11-4-2-3-10(13)7-11/h2-4,7H,5-6,8-9H2,1H3. The van der Waals surface area contributed by atoms with Crippen LogP contribution >= 0.6 is 39.1 Å². The lowest BCUT2D eigenvalue weighted by molar-refractivity contribution is 0.247. The van der Waals surface area contributed by atoms with Crippen molar-refractivity contribution in [2.24, 2.45) is 5.41 Å². The molecular weight excluding hydrogens is 311 g/mol. The SMILES string of the molecule is CC(CCl)(CCl)CCOc1cccc(Br)c1. The van der Waals surface area contributed by atoms with Gasteiger partial charge in [0.15, 0.2) is 0 Å². The van der Waals surface area contributed by atoms with Gasteiger partial charge in [-0.3, -0.25) is 0 Å². The van der Waals surface area contributed by atoms with E-state index in [-0.39, 0.29) is 5.41 Å². The summed E-state index contributed by atoms with van der Waals surface area (Å²) in [6.07, 6.45) is 0.854. The molecule has 0 aliphatic rings. The Kier molecular flexibility index (Phi) is 5.95. The Morgan fingerprint density at radius 2 is 2.00 bits per heavy atom. The van der Waals surface area contributed by atoms with Gasteiger partial charge in [-0.15, -0.1) is 23.2 Å². The van der Waals surface area contributed by atoms with E-state index in [2.05, 4.69) is 22.9 Å². The molecule has 1 rings (SSSR count). The molecule has 0 aliphatic carbocycles. The van der Waals surface area contributed by atoms with Crippen molar-refractivity contribution in [3.8, 4) is 5.75 Å². The molecule has 0 unspecified atom stereocenters. The monoisotopic (exact) mass is 324 g/mol. The molecule has 0 atom stereocenters. The molecule has 1 aromatic rings. The van der Waals surface area contributed by atoms with Crippen LogP contribution in [0.15, 0.2) is 28.7 Å². The number of halogens is 3. The molecule has 4 heteroatoms. The van der Waals surface area contributed by atoms with Crippen LogP contribution in [0.25, 0.3) is 0 Å². The van der Waals surface area contributed by atoms with Gasteiger partial charge in [0, 0.05) is 16.2 Å². The van der Waals surface area contributed by atoms with Crippen molar-refractivity contribution >= 4 is 39.1 Å². The van der Waals surface area contributed by atoms with Gasteiger partial charge in [0.25, 0.3) is 0 Å². The van der Waals surface area contributed by atoms with Crippen LogP contribution < -0.4 is 4.74 Å². The maximum Gasteiger partial charge on any atom is 0.120 e. The predicted octanol–water partition coefficient (Wildman–Crippen LogP) is 4.70. The topological polar surface area (TPSA) is 9.23 Å². The van der Waals surface area contributed by atoms with Gasteiger partial charge in [-0.1, -0.05) is 28.9 Å². The summed E-state index contributed by atoms with van der Waals surface area (Å²) in [5.41, 5.74) is -0.0465. The number of ether oxygens (including phenoxy) is 1. The summed E-state index contributed by atoms with van der Waals surface area (Å²) in [4.78, 5) is 0. The Bertz CT molecular complexity index is 327. The fourth-order valence-corrected chi connectivity index (χ4v) is 2.07. The maximum absolute atomic E-state index is 5.87. The van der Waals surface area contributed by atoms with Gasteiger partial charge in [-0.25, -0.2) is 0 Å². The Labute approximate surface area is 115 Å². The number of hydrogen-bond acceptors (Lipinski definition) is 1. The first-order valence-electron chi connectivity index (χ1n) is 5.10. The molecule has 0 radical (unpaired) electrons. The largest absolute Gasteiger partial charge is 0.494 e. The van der Waals surface area contributed by atoms with E-state index in [4.69, 9.17) is 27.9 Å². The van der Waals surface area contributed by atoms with E-state index in [9.17, 15) is 0 Å². The second kappa shape index (κ2) is 6.73. The van der Waals surface area contributed by atoms with Crippen LogP contribution in [0.4, 0.5) is 0 Å². The number of rotatable bonds is 6. The summed E-state index contributed by atoms with van der Waals surface area (Å²) in [6, 6.07) is 7.79. The number of hydrogen-bond donors (Lipinski definition) is 0. The average Bonchev–Trinajstić information content (AvgIpc) is 2.29. The molecular formula is C12H15BrCl2O. The average molecular weight is 326 g/mol. The van der Waals surface area contributed by atoms with Gasteiger partial charge < -0.3 is 4.74 Å². The molecule has 16 heavy (non-hydrogen) atoms. The lowest BCUT2D eigenvalue weighted by Crippen LogP contribution is -2.23. The zero-order valence-corrected chi connectivity index (χ0v) is 12.3. The van der Waals surface area contributed by atoms with Crippen LogP contribution in [0.5, 0.6) is 5.75 Å². The van der Waals surface area contributed by atoms with Gasteiger partial charge in [-0.05, 0) is 30.0 Å². The molecule has 90 valence electrons. The van der Waals surface area contributed by atoms with Crippen molar-refractivity contribution in [1.29, 1.82) is 0 Å². The lowest BCUT2D eigenvalue weighted by Gasteiger charge is -2.23. The summed E-state index contributed by atoms with van der Waals surface area (Å²) in [5.74, 6) is 1.97. The molecule has 0 aromatic heterocycles. The van der Waals surface area contributed by atoms with Gasteiger partial charge >= 0.3 is 0 Å². The maximum atomic E-state index is 5.87. The summed E-state index contributed by atoms with van der Waals surface area (Å²) in [7, 11) is 0. The Balaban J connectivity index is 2.41. The molecule has 0 heterocycles. The number of benzene rings is 1. The minimum Gasteiger partial charge on any atom is -0.494 e. The smallest absolute Gasteiger partial charge is 0.120 e. The van der Waals surface area contributed by atoms with E-state index >= 15 is 0 Å². The van der Waals surface area contributed by atoms with Gasteiger partial charge in [-0.2, -0.15) is 0 Å². The van der Waals surface area contributed by atoms with Crippen LogP contribution in [0.1, 0.15) is 13.3 Å². The van der Waals surface area contributed by atoms with E-state index in [1.165, 1.54) is 0 Å². The van der Waals surface area contributed by atoms with Crippen molar-refractivity contribution in [2.45, 2.75) is 13.3 Å². The lowest BCUT2D eigenvalue weighted by atomic mass is 9.92. The Hall–Kier alpha value is 0.0800. The van der Waals surface area contributed by atoms with Crippen molar-refractivity contribution in [2.75, 3.05) is 18.4 Å². The highest BCUT2D eigenvalue weighted by Gasteiger charge is 2.21. The van der Waals surface area contributed by atoms with Crippen LogP contribution in [-0.4, -0.2) is 18.4 Å². The van der Waals surface area contributed by atoms with E-state index in [1.54, 1.807) is 0 Å². The molecule has 0 amide bonds. The molecule has 0 aliphatic heterocycles.